The second-order valence-electron chi connectivity index (χ2n) is 6.26. The summed E-state index contributed by atoms with van der Waals surface area (Å²) in [5.74, 6) is 0.956. The van der Waals surface area contributed by atoms with Crippen molar-refractivity contribution in [2.45, 2.75) is 31.7 Å². The van der Waals surface area contributed by atoms with Gasteiger partial charge in [-0.25, -0.2) is 0 Å². The molecule has 0 saturated carbocycles. The molecule has 6 nitrogen and oxygen atoms in total. The Bertz CT molecular complexity index is 874. The van der Waals surface area contributed by atoms with Gasteiger partial charge in [0.25, 0.3) is 0 Å². The maximum atomic E-state index is 12.4. The molecule has 1 atom stereocenters. The molecule has 0 aliphatic heterocycles. The second-order valence-corrected chi connectivity index (χ2v) is 6.26. The molecule has 0 spiro atoms. The van der Waals surface area contributed by atoms with Gasteiger partial charge in [0.2, 0.25) is 5.91 Å². The molecule has 1 heterocycles. The molecule has 6 heteroatoms. The highest BCUT2D eigenvalue weighted by molar-refractivity contribution is 5.77. The molecular weight excluding hydrogens is 314 g/mol. The third-order valence-electron chi connectivity index (χ3n) is 4.67. The number of tetrazole rings is 1. The highest BCUT2D eigenvalue weighted by Crippen LogP contribution is 2.35. The summed E-state index contributed by atoms with van der Waals surface area (Å²) in [7, 11) is 0. The molecule has 0 unspecified atom stereocenters. The van der Waals surface area contributed by atoms with Crippen molar-refractivity contribution in [3.63, 3.8) is 0 Å². The first-order chi connectivity index (χ1) is 12.3. The average molecular weight is 333 g/mol. The SMILES string of the molecule is O=C(C[C@H]1CCc2ccccc21)NCc1nnnn1-c1ccccc1. The summed E-state index contributed by atoms with van der Waals surface area (Å²) in [6.45, 7) is 0.315. The number of fused-ring (bicyclic) bond motifs is 1. The van der Waals surface area contributed by atoms with Crippen molar-refractivity contribution in [3.05, 3.63) is 71.5 Å². The van der Waals surface area contributed by atoms with Crippen LogP contribution in [0.15, 0.2) is 54.6 Å². The number of para-hydroxylation sites is 1. The van der Waals surface area contributed by atoms with Crippen LogP contribution in [0.4, 0.5) is 0 Å². The average Bonchev–Trinajstić information content (AvgIpc) is 3.28. The molecule has 3 aromatic rings. The molecule has 1 amide bonds. The van der Waals surface area contributed by atoms with E-state index in [2.05, 4.69) is 39.0 Å². The van der Waals surface area contributed by atoms with E-state index in [4.69, 9.17) is 0 Å². The number of hydrogen-bond acceptors (Lipinski definition) is 4. The lowest BCUT2D eigenvalue weighted by Gasteiger charge is -2.11. The Kier molecular flexibility index (Phi) is 4.24. The van der Waals surface area contributed by atoms with Gasteiger partial charge in [0.15, 0.2) is 5.82 Å². The Labute approximate surface area is 145 Å². The van der Waals surface area contributed by atoms with E-state index in [-0.39, 0.29) is 5.91 Å². The van der Waals surface area contributed by atoms with Crippen LogP contribution in [0.25, 0.3) is 5.69 Å². The monoisotopic (exact) mass is 333 g/mol. The van der Waals surface area contributed by atoms with Gasteiger partial charge in [-0.05, 0) is 52.4 Å². The molecule has 126 valence electrons. The van der Waals surface area contributed by atoms with Crippen LogP contribution in [-0.2, 0) is 17.8 Å². The smallest absolute Gasteiger partial charge is 0.220 e. The first-order valence-corrected chi connectivity index (χ1v) is 8.48. The topological polar surface area (TPSA) is 72.7 Å². The number of rotatable bonds is 5. The number of nitrogens with one attached hydrogen (secondary N) is 1. The lowest BCUT2D eigenvalue weighted by molar-refractivity contribution is -0.121. The van der Waals surface area contributed by atoms with Crippen LogP contribution in [0.3, 0.4) is 0 Å². The van der Waals surface area contributed by atoms with E-state index in [0.29, 0.717) is 24.7 Å². The standard InChI is InChI=1S/C19H19N5O/c25-19(12-15-11-10-14-6-4-5-9-17(14)15)20-13-18-21-22-23-24(18)16-7-2-1-3-8-16/h1-9,15H,10-13H2,(H,20,25)/t15-/m1/s1. The first-order valence-electron chi connectivity index (χ1n) is 8.48. The Balaban J connectivity index is 1.38. The van der Waals surface area contributed by atoms with Gasteiger partial charge in [-0.2, -0.15) is 4.68 Å². The van der Waals surface area contributed by atoms with Crippen LogP contribution in [0.1, 0.15) is 35.7 Å². The molecule has 2 aromatic carbocycles. The lowest BCUT2D eigenvalue weighted by Crippen LogP contribution is -2.26. The number of carbonyl (C=O) groups is 1. The number of hydrogen-bond donors (Lipinski definition) is 1. The van der Waals surface area contributed by atoms with Crippen molar-refractivity contribution in [3.8, 4) is 5.69 Å². The third-order valence-corrected chi connectivity index (χ3v) is 4.67. The van der Waals surface area contributed by atoms with E-state index in [1.165, 1.54) is 11.1 Å². The van der Waals surface area contributed by atoms with Crippen LogP contribution < -0.4 is 5.32 Å². The molecule has 1 aliphatic rings. The van der Waals surface area contributed by atoms with E-state index in [9.17, 15) is 4.79 Å². The highest BCUT2D eigenvalue weighted by Gasteiger charge is 2.24. The van der Waals surface area contributed by atoms with Gasteiger partial charge < -0.3 is 5.32 Å². The molecule has 0 saturated heterocycles. The number of amides is 1. The van der Waals surface area contributed by atoms with Crippen molar-refractivity contribution < 1.29 is 4.79 Å². The Morgan fingerprint density at radius 3 is 2.80 bits per heavy atom. The number of benzene rings is 2. The molecule has 1 aromatic heterocycles. The molecule has 25 heavy (non-hydrogen) atoms. The first kappa shape index (κ1) is 15.5. The largest absolute Gasteiger partial charge is 0.349 e. The fourth-order valence-corrected chi connectivity index (χ4v) is 3.42. The van der Waals surface area contributed by atoms with Crippen molar-refractivity contribution in [1.29, 1.82) is 0 Å². The second kappa shape index (κ2) is 6.84. The minimum absolute atomic E-state index is 0.0318. The highest BCUT2D eigenvalue weighted by atomic mass is 16.1. The van der Waals surface area contributed by atoms with Gasteiger partial charge in [0.1, 0.15) is 0 Å². The predicted octanol–water partition coefficient (Wildman–Crippen LogP) is 2.40. The summed E-state index contributed by atoms with van der Waals surface area (Å²) >= 11 is 0. The Hall–Kier alpha value is -3.02. The maximum absolute atomic E-state index is 12.4. The van der Waals surface area contributed by atoms with Crippen LogP contribution >= 0.6 is 0 Å². The van der Waals surface area contributed by atoms with Crippen molar-refractivity contribution in [2.24, 2.45) is 0 Å². The summed E-state index contributed by atoms with van der Waals surface area (Å²) in [5, 5.41) is 14.7. The zero-order chi connectivity index (χ0) is 17.1. The summed E-state index contributed by atoms with van der Waals surface area (Å²) in [6.07, 6.45) is 2.60. The van der Waals surface area contributed by atoms with Gasteiger partial charge >= 0.3 is 0 Å². The van der Waals surface area contributed by atoms with Gasteiger partial charge in [0, 0.05) is 6.42 Å². The van der Waals surface area contributed by atoms with Gasteiger partial charge in [-0.1, -0.05) is 42.5 Å². The maximum Gasteiger partial charge on any atom is 0.220 e. The number of aryl methyl sites for hydroxylation is 1. The molecular formula is C19H19N5O. The Morgan fingerprint density at radius 1 is 1.12 bits per heavy atom. The molecule has 1 N–H and O–H groups in total. The summed E-state index contributed by atoms with van der Waals surface area (Å²) < 4.78 is 1.64. The minimum Gasteiger partial charge on any atom is -0.349 e. The van der Waals surface area contributed by atoms with Crippen molar-refractivity contribution >= 4 is 5.91 Å². The van der Waals surface area contributed by atoms with Gasteiger partial charge in [-0.15, -0.1) is 5.10 Å². The van der Waals surface area contributed by atoms with Crippen LogP contribution in [-0.4, -0.2) is 26.1 Å². The Morgan fingerprint density at radius 2 is 1.92 bits per heavy atom. The zero-order valence-electron chi connectivity index (χ0n) is 13.8. The number of carbonyl (C=O) groups excluding carboxylic acids is 1. The zero-order valence-corrected chi connectivity index (χ0v) is 13.8. The summed E-state index contributed by atoms with van der Waals surface area (Å²) in [5.41, 5.74) is 3.56. The quantitative estimate of drug-likeness (QED) is 0.778. The van der Waals surface area contributed by atoms with E-state index < -0.39 is 0 Å². The summed E-state index contributed by atoms with van der Waals surface area (Å²) in [4.78, 5) is 12.4. The van der Waals surface area contributed by atoms with Crippen molar-refractivity contribution in [1.82, 2.24) is 25.5 Å². The summed E-state index contributed by atoms with van der Waals surface area (Å²) in [6, 6.07) is 18.0. The van der Waals surface area contributed by atoms with E-state index >= 15 is 0 Å². The molecule has 4 rings (SSSR count). The lowest BCUT2D eigenvalue weighted by atomic mass is 9.97. The fraction of sp³-hybridized carbons (Fsp3) is 0.263. The van der Waals surface area contributed by atoms with E-state index in [0.717, 1.165) is 18.5 Å². The van der Waals surface area contributed by atoms with E-state index in [1.807, 2.05) is 36.4 Å². The number of nitrogens with zero attached hydrogens (tertiary/aromatic N) is 4. The molecule has 0 fully saturated rings. The van der Waals surface area contributed by atoms with Crippen molar-refractivity contribution in [2.75, 3.05) is 0 Å². The molecule has 1 aliphatic carbocycles. The van der Waals surface area contributed by atoms with Gasteiger partial charge in [0.05, 0.1) is 12.2 Å². The minimum atomic E-state index is 0.0318. The fourth-order valence-electron chi connectivity index (χ4n) is 3.42. The molecule has 0 bridgehead atoms. The third kappa shape index (κ3) is 3.28. The molecule has 0 radical (unpaired) electrons. The van der Waals surface area contributed by atoms with Crippen LogP contribution in [0.2, 0.25) is 0 Å². The predicted molar refractivity (Wildman–Crippen MR) is 93.1 cm³/mol. The van der Waals surface area contributed by atoms with Gasteiger partial charge in [-0.3, -0.25) is 4.79 Å². The van der Waals surface area contributed by atoms with Crippen LogP contribution in [0.5, 0.6) is 0 Å². The number of aromatic nitrogens is 4. The van der Waals surface area contributed by atoms with E-state index in [1.54, 1.807) is 4.68 Å². The van der Waals surface area contributed by atoms with Crippen LogP contribution in [0, 0.1) is 0 Å². The normalized spacial score (nSPS) is 15.8.